The van der Waals surface area contributed by atoms with Gasteiger partial charge in [-0.3, -0.25) is 9.59 Å². The molecule has 0 saturated heterocycles. The number of methoxy groups -OCH3 is 1. The first-order valence-corrected chi connectivity index (χ1v) is 11.7. The number of benzene rings is 1. The van der Waals surface area contributed by atoms with E-state index in [9.17, 15) is 19.8 Å². The monoisotopic (exact) mass is 430 g/mol. The second-order valence-corrected chi connectivity index (χ2v) is 10.3. The van der Waals surface area contributed by atoms with Crippen LogP contribution in [0.25, 0.3) is 0 Å². The Labute approximate surface area is 186 Å². The van der Waals surface area contributed by atoms with Crippen molar-refractivity contribution in [1.29, 1.82) is 0 Å². The smallest absolute Gasteiger partial charge is 0.305 e. The van der Waals surface area contributed by atoms with Crippen molar-refractivity contribution in [2.45, 2.75) is 83.8 Å². The number of hydrogen-bond acceptors (Lipinski definition) is 5. The zero-order chi connectivity index (χ0) is 22.6. The van der Waals surface area contributed by atoms with Crippen molar-refractivity contribution in [2.75, 3.05) is 7.11 Å². The van der Waals surface area contributed by atoms with Crippen LogP contribution in [0.5, 0.6) is 0 Å². The number of Topliss-reactive ketones (excluding diaryl/α,β-unsaturated/α-hetero) is 1. The summed E-state index contributed by atoms with van der Waals surface area (Å²) in [7, 11) is 1.40. The molecule has 5 nitrogen and oxygen atoms in total. The topological polar surface area (TPSA) is 83.8 Å². The van der Waals surface area contributed by atoms with Gasteiger partial charge in [0.05, 0.1) is 19.3 Å². The molecule has 0 bridgehead atoms. The van der Waals surface area contributed by atoms with E-state index in [1.54, 1.807) is 0 Å². The molecular formula is C26H38O5. The maximum Gasteiger partial charge on any atom is 0.305 e. The molecule has 0 radical (unpaired) electrons. The minimum Gasteiger partial charge on any atom is -0.469 e. The Morgan fingerprint density at radius 1 is 1.19 bits per heavy atom. The molecule has 0 aromatic heterocycles. The molecule has 0 amide bonds. The van der Waals surface area contributed by atoms with Crippen LogP contribution in [0.3, 0.4) is 0 Å². The van der Waals surface area contributed by atoms with Gasteiger partial charge in [-0.1, -0.05) is 63.4 Å². The molecular weight excluding hydrogens is 392 g/mol. The van der Waals surface area contributed by atoms with Crippen molar-refractivity contribution in [1.82, 2.24) is 0 Å². The zero-order valence-electron chi connectivity index (χ0n) is 19.2. The third-order valence-electron chi connectivity index (χ3n) is 7.74. The summed E-state index contributed by atoms with van der Waals surface area (Å²) in [6.07, 6.45) is 5.33. The maximum absolute atomic E-state index is 12.8. The van der Waals surface area contributed by atoms with Gasteiger partial charge in [0.15, 0.2) is 0 Å². The molecule has 2 aliphatic carbocycles. The number of rotatable bonds is 12. The van der Waals surface area contributed by atoms with Crippen molar-refractivity contribution < 1.29 is 24.5 Å². The Morgan fingerprint density at radius 3 is 2.55 bits per heavy atom. The summed E-state index contributed by atoms with van der Waals surface area (Å²) in [5, 5.41) is 21.5. The fourth-order valence-electron chi connectivity index (χ4n) is 5.85. The second-order valence-electron chi connectivity index (χ2n) is 10.3. The number of esters is 1. The van der Waals surface area contributed by atoms with Gasteiger partial charge in [0.25, 0.3) is 0 Å². The van der Waals surface area contributed by atoms with Crippen molar-refractivity contribution in [3.05, 3.63) is 35.9 Å². The summed E-state index contributed by atoms with van der Waals surface area (Å²) in [6.45, 7) is 4.16. The molecule has 2 saturated carbocycles. The lowest BCUT2D eigenvalue weighted by Gasteiger charge is -2.32. The van der Waals surface area contributed by atoms with E-state index in [1.807, 2.05) is 18.2 Å². The second kappa shape index (κ2) is 9.83. The van der Waals surface area contributed by atoms with Gasteiger partial charge in [-0.2, -0.15) is 0 Å². The van der Waals surface area contributed by atoms with E-state index in [0.717, 1.165) is 38.5 Å². The molecule has 0 heterocycles. The summed E-state index contributed by atoms with van der Waals surface area (Å²) in [4.78, 5) is 24.0. The first kappa shape index (κ1) is 23.9. The average Bonchev–Trinajstić information content (AvgIpc) is 3.29. The lowest BCUT2D eigenvalue weighted by atomic mass is 9.77. The largest absolute Gasteiger partial charge is 0.469 e. The van der Waals surface area contributed by atoms with Gasteiger partial charge in [-0.15, -0.1) is 0 Å². The molecule has 1 aromatic carbocycles. The molecule has 3 rings (SSSR count). The van der Waals surface area contributed by atoms with Crippen LogP contribution in [0, 0.1) is 22.7 Å². The summed E-state index contributed by atoms with van der Waals surface area (Å²) in [5.74, 6) is 0.0702. The fourth-order valence-corrected chi connectivity index (χ4v) is 5.85. The highest BCUT2D eigenvalue weighted by Crippen LogP contribution is 2.70. The minimum absolute atomic E-state index is 0.00255. The summed E-state index contributed by atoms with van der Waals surface area (Å²) in [6, 6.07) is 10.2. The molecule has 2 aliphatic rings. The van der Waals surface area contributed by atoms with Gasteiger partial charge in [0, 0.05) is 24.2 Å². The molecule has 0 spiro atoms. The summed E-state index contributed by atoms with van der Waals surface area (Å²) < 4.78 is 4.67. The predicted molar refractivity (Wildman–Crippen MR) is 119 cm³/mol. The molecule has 2 N–H and O–H groups in total. The van der Waals surface area contributed by atoms with Gasteiger partial charge >= 0.3 is 5.97 Å². The highest BCUT2D eigenvalue weighted by Gasteiger charge is 2.74. The van der Waals surface area contributed by atoms with Crippen molar-refractivity contribution in [2.24, 2.45) is 22.7 Å². The Hall–Kier alpha value is -1.72. The minimum atomic E-state index is -0.568. The number of fused-ring (bicyclic) bond motifs is 1. The molecule has 1 unspecified atom stereocenters. The van der Waals surface area contributed by atoms with Gasteiger partial charge in [-0.25, -0.2) is 0 Å². The third kappa shape index (κ3) is 5.20. The molecule has 31 heavy (non-hydrogen) atoms. The SMILES string of the molecule is COC(=O)CCCCCC[C@@]12C(=O)C[C@H](O)[C@H]1C2C[C@H](O)C(C)(C)Cc1ccccc1. The summed E-state index contributed by atoms with van der Waals surface area (Å²) in [5.41, 5.74) is 0.452. The number of ether oxygens (including phenoxy) is 1. The number of carbonyl (C=O) groups is 2. The van der Waals surface area contributed by atoms with Crippen LogP contribution >= 0.6 is 0 Å². The molecule has 5 heteroatoms. The van der Waals surface area contributed by atoms with Crippen molar-refractivity contribution >= 4 is 11.8 Å². The van der Waals surface area contributed by atoms with E-state index in [1.165, 1.54) is 12.7 Å². The van der Waals surface area contributed by atoms with Crippen LogP contribution in [0.4, 0.5) is 0 Å². The normalized spacial score (nSPS) is 28.3. The third-order valence-corrected chi connectivity index (χ3v) is 7.74. The quantitative estimate of drug-likeness (QED) is 0.385. The van der Waals surface area contributed by atoms with E-state index >= 15 is 0 Å². The lowest BCUT2D eigenvalue weighted by Crippen LogP contribution is -2.33. The van der Waals surface area contributed by atoms with Gasteiger partial charge < -0.3 is 14.9 Å². The molecule has 1 aromatic rings. The predicted octanol–water partition coefficient (Wildman–Crippen LogP) is 4.09. The molecule has 5 atom stereocenters. The molecule has 172 valence electrons. The van der Waals surface area contributed by atoms with E-state index < -0.39 is 17.6 Å². The molecule has 2 fully saturated rings. The molecule has 0 aliphatic heterocycles. The first-order valence-electron chi connectivity index (χ1n) is 11.7. The van der Waals surface area contributed by atoms with E-state index in [4.69, 9.17) is 0 Å². The Balaban J connectivity index is 1.54. The van der Waals surface area contributed by atoms with Crippen molar-refractivity contribution in [3.63, 3.8) is 0 Å². The number of carbonyl (C=O) groups excluding carboxylic acids is 2. The van der Waals surface area contributed by atoms with Gasteiger partial charge in [0.2, 0.25) is 0 Å². The Morgan fingerprint density at radius 2 is 1.87 bits per heavy atom. The Bertz CT molecular complexity index is 758. The van der Waals surface area contributed by atoms with Crippen LogP contribution in [-0.4, -0.2) is 41.3 Å². The van der Waals surface area contributed by atoms with Crippen LogP contribution in [0.15, 0.2) is 30.3 Å². The zero-order valence-corrected chi connectivity index (χ0v) is 19.2. The highest BCUT2D eigenvalue weighted by atomic mass is 16.5. The van der Waals surface area contributed by atoms with E-state index in [0.29, 0.717) is 12.8 Å². The van der Waals surface area contributed by atoms with Crippen LogP contribution in [0.2, 0.25) is 0 Å². The van der Waals surface area contributed by atoms with Crippen LogP contribution < -0.4 is 0 Å². The standard InChI is InChI=1S/C26H38O5/c1-25(2,17-18-11-7-6-8-12-18)21(28)15-19-24-20(27)16-22(29)26(19,24)14-10-5-4-9-13-23(30)31-3/h6-8,11-12,19-21,24,27-28H,4-5,9-10,13-17H2,1-3H3/t19?,20-,21-,24+,26+/m0/s1. The highest BCUT2D eigenvalue weighted by molar-refractivity contribution is 5.92. The van der Waals surface area contributed by atoms with Crippen LogP contribution in [0.1, 0.15) is 70.8 Å². The average molecular weight is 431 g/mol. The number of aliphatic hydroxyl groups excluding tert-OH is 2. The summed E-state index contributed by atoms with van der Waals surface area (Å²) >= 11 is 0. The Kier molecular flexibility index (Phi) is 7.59. The number of unbranched alkanes of at least 4 members (excludes halogenated alkanes) is 3. The maximum atomic E-state index is 12.8. The number of ketones is 1. The van der Waals surface area contributed by atoms with Gasteiger partial charge in [-0.05, 0) is 42.6 Å². The lowest BCUT2D eigenvalue weighted by molar-refractivity contribution is -0.140. The van der Waals surface area contributed by atoms with E-state index in [2.05, 4.69) is 30.7 Å². The van der Waals surface area contributed by atoms with Gasteiger partial charge in [0.1, 0.15) is 5.78 Å². The van der Waals surface area contributed by atoms with Crippen LogP contribution in [-0.2, 0) is 20.7 Å². The number of hydrogen-bond donors (Lipinski definition) is 2. The van der Waals surface area contributed by atoms with Crippen molar-refractivity contribution in [3.8, 4) is 0 Å². The number of aliphatic hydroxyl groups is 2. The first-order chi connectivity index (χ1) is 14.7. The van der Waals surface area contributed by atoms with E-state index in [-0.39, 0.29) is 35.4 Å². The fraction of sp³-hybridized carbons (Fsp3) is 0.692.